The molecule has 28 heavy (non-hydrogen) atoms. The molecule has 2 aromatic carbocycles. The number of benzene rings is 2. The number of rotatable bonds is 4. The maximum Gasteiger partial charge on any atom is 0.243 e. The molecule has 0 unspecified atom stereocenters. The van der Waals surface area contributed by atoms with Crippen LogP contribution in [-0.2, 0) is 16.6 Å². The standard InChI is InChI=1S/C22H27N3O2S/c1-16-8-9-17(2)22(14-16)28(26,27)25-12-10-24(11-13-25)15-20-18(3)23-21-7-5-4-6-19(20)21/h4-9,14,23H,10-13,15H2,1-3H3. The predicted molar refractivity (Wildman–Crippen MR) is 113 cm³/mol. The van der Waals surface area contributed by atoms with Crippen LogP contribution < -0.4 is 0 Å². The lowest BCUT2D eigenvalue weighted by molar-refractivity contribution is 0.182. The van der Waals surface area contributed by atoms with Gasteiger partial charge < -0.3 is 4.98 Å². The van der Waals surface area contributed by atoms with Gasteiger partial charge in [0.25, 0.3) is 0 Å². The van der Waals surface area contributed by atoms with E-state index in [9.17, 15) is 8.42 Å². The summed E-state index contributed by atoms with van der Waals surface area (Å²) in [5.41, 5.74) is 5.43. The highest BCUT2D eigenvalue weighted by Gasteiger charge is 2.30. The summed E-state index contributed by atoms with van der Waals surface area (Å²) in [5, 5.41) is 1.26. The van der Waals surface area contributed by atoms with Gasteiger partial charge in [0.15, 0.2) is 0 Å². The molecule has 0 saturated carbocycles. The molecule has 1 aliphatic heterocycles. The van der Waals surface area contributed by atoms with E-state index in [-0.39, 0.29) is 0 Å². The van der Waals surface area contributed by atoms with Crippen molar-refractivity contribution < 1.29 is 8.42 Å². The van der Waals surface area contributed by atoms with E-state index in [2.05, 4.69) is 35.0 Å². The van der Waals surface area contributed by atoms with Gasteiger partial charge in [0.05, 0.1) is 4.90 Å². The van der Waals surface area contributed by atoms with Gasteiger partial charge in [-0.25, -0.2) is 8.42 Å². The van der Waals surface area contributed by atoms with Gasteiger partial charge in [0.2, 0.25) is 10.0 Å². The number of piperazine rings is 1. The second-order valence-electron chi connectivity index (χ2n) is 7.72. The molecule has 1 fully saturated rings. The maximum absolute atomic E-state index is 13.1. The molecule has 4 rings (SSSR count). The van der Waals surface area contributed by atoms with Crippen molar-refractivity contribution in [3.63, 3.8) is 0 Å². The normalized spacial score (nSPS) is 16.7. The highest BCUT2D eigenvalue weighted by molar-refractivity contribution is 7.89. The van der Waals surface area contributed by atoms with Crippen LogP contribution >= 0.6 is 0 Å². The van der Waals surface area contributed by atoms with Gasteiger partial charge in [-0.3, -0.25) is 4.90 Å². The van der Waals surface area contributed by atoms with Crippen LogP contribution in [0.3, 0.4) is 0 Å². The Labute approximate surface area is 167 Å². The third-order valence-electron chi connectivity index (χ3n) is 5.70. The summed E-state index contributed by atoms with van der Waals surface area (Å²) in [7, 11) is -3.44. The number of fused-ring (bicyclic) bond motifs is 1. The highest BCUT2D eigenvalue weighted by Crippen LogP contribution is 2.26. The molecule has 0 aliphatic carbocycles. The molecule has 1 N–H and O–H groups in total. The van der Waals surface area contributed by atoms with E-state index in [0.29, 0.717) is 18.0 Å². The van der Waals surface area contributed by atoms with Crippen molar-refractivity contribution >= 4 is 20.9 Å². The first kappa shape index (κ1) is 19.2. The van der Waals surface area contributed by atoms with E-state index in [1.54, 1.807) is 10.4 Å². The van der Waals surface area contributed by atoms with E-state index in [0.717, 1.165) is 36.3 Å². The smallest absolute Gasteiger partial charge is 0.243 e. The number of aromatic nitrogens is 1. The molecular weight excluding hydrogens is 370 g/mol. The molecule has 2 heterocycles. The number of para-hydroxylation sites is 1. The average molecular weight is 398 g/mol. The van der Waals surface area contributed by atoms with E-state index in [1.165, 1.54) is 16.6 Å². The minimum atomic E-state index is -3.44. The lowest BCUT2D eigenvalue weighted by Gasteiger charge is -2.34. The molecule has 0 spiro atoms. The van der Waals surface area contributed by atoms with Crippen LogP contribution in [0.1, 0.15) is 22.4 Å². The molecule has 1 saturated heterocycles. The van der Waals surface area contributed by atoms with E-state index in [4.69, 9.17) is 0 Å². The number of nitrogens with one attached hydrogen (secondary N) is 1. The number of H-pyrrole nitrogens is 1. The molecule has 0 radical (unpaired) electrons. The zero-order valence-corrected chi connectivity index (χ0v) is 17.5. The number of hydrogen-bond donors (Lipinski definition) is 1. The summed E-state index contributed by atoms with van der Waals surface area (Å²) < 4.78 is 27.9. The molecule has 6 heteroatoms. The van der Waals surface area contributed by atoms with Crippen molar-refractivity contribution in [3.8, 4) is 0 Å². The van der Waals surface area contributed by atoms with Gasteiger partial charge in [-0.05, 0) is 49.6 Å². The van der Waals surface area contributed by atoms with Crippen LogP contribution in [0.15, 0.2) is 47.4 Å². The lowest BCUT2D eigenvalue weighted by atomic mass is 10.1. The van der Waals surface area contributed by atoms with Crippen molar-refractivity contribution in [2.45, 2.75) is 32.2 Å². The Morgan fingerprint density at radius 1 is 0.964 bits per heavy atom. The lowest BCUT2D eigenvalue weighted by Crippen LogP contribution is -2.48. The Morgan fingerprint density at radius 3 is 2.43 bits per heavy atom. The molecule has 5 nitrogen and oxygen atoms in total. The molecule has 148 valence electrons. The Morgan fingerprint density at radius 2 is 1.68 bits per heavy atom. The highest BCUT2D eigenvalue weighted by atomic mass is 32.2. The van der Waals surface area contributed by atoms with Crippen LogP contribution in [0.4, 0.5) is 0 Å². The Bertz CT molecular complexity index is 1110. The van der Waals surface area contributed by atoms with Gasteiger partial charge in [-0.2, -0.15) is 4.31 Å². The number of aryl methyl sites for hydroxylation is 3. The molecule has 0 amide bonds. The Balaban J connectivity index is 1.49. The fourth-order valence-corrected chi connectivity index (χ4v) is 5.75. The number of nitrogens with zero attached hydrogens (tertiary/aromatic N) is 2. The van der Waals surface area contributed by atoms with E-state index < -0.39 is 10.0 Å². The summed E-state index contributed by atoms with van der Waals surface area (Å²) >= 11 is 0. The van der Waals surface area contributed by atoms with Gasteiger partial charge in [-0.1, -0.05) is 30.3 Å². The van der Waals surface area contributed by atoms with E-state index >= 15 is 0 Å². The zero-order chi connectivity index (χ0) is 19.9. The number of aromatic amines is 1. The zero-order valence-electron chi connectivity index (χ0n) is 16.7. The topological polar surface area (TPSA) is 56.4 Å². The van der Waals surface area contributed by atoms with Crippen LogP contribution in [0.5, 0.6) is 0 Å². The minimum absolute atomic E-state index is 0.438. The molecule has 0 atom stereocenters. The SMILES string of the molecule is Cc1ccc(C)c(S(=O)(=O)N2CCN(Cc3c(C)[nH]c4ccccc34)CC2)c1. The van der Waals surface area contributed by atoms with Crippen LogP contribution in [-0.4, -0.2) is 48.8 Å². The summed E-state index contributed by atoms with van der Waals surface area (Å²) in [4.78, 5) is 6.23. The van der Waals surface area contributed by atoms with Crippen LogP contribution in [0.2, 0.25) is 0 Å². The molecule has 1 aromatic heterocycles. The van der Waals surface area contributed by atoms with E-state index in [1.807, 2.05) is 32.0 Å². The largest absolute Gasteiger partial charge is 0.358 e. The average Bonchev–Trinajstić information content (AvgIpc) is 2.99. The summed E-state index contributed by atoms with van der Waals surface area (Å²) in [5.74, 6) is 0. The van der Waals surface area contributed by atoms with Gasteiger partial charge in [0, 0.05) is 49.3 Å². The van der Waals surface area contributed by atoms with Gasteiger partial charge in [0.1, 0.15) is 0 Å². The number of sulfonamides is 1. The molecular formula is C22H27N3O2S. The quantitative estimate of drug-likeness (QED) is 0.732. The van der Waals surface area contributed by atoms with Crippen LogP contribution in [0.25, 0.3) is 10.9 Å². The Kier molecular flexibility index (Phi) is 5.04. The van der Waals surface area contributed by atoms with Crippen molar-refractivity contribution in [1.29, 1.82) is 0 Å². The molecule has 1 aliphatic rings. The summed E-state index contributed by atoms with van der Waals surface area (Å²) in [6, 6.07) is 14.0. The number of hydrogen-bond acceptors (Lipinski definition) is 3. The first-order chi connectivity index (χ1) is 13.4. The van der Waals surface area contributed by atoms with Gasteiger partial charge in [-0.15, -0.1) is 0 Å². The monoisotopic (exact) mass is 397 g/mol. The van der Waals surface area contributed by atoms with Crippen molar-refractivity contribution in [2.75, 3.05) is 26.2 Å². The Hall–Kier alpha value is -2.15. The summed E-state index contributed by atoms with van der Waals surface area (Å²) in [6.07, 6.45) is 0. The summed E-state index contributed by atoms with van der Waals surface area (Å²) in [6.45, 7) is 9.27. The first-order valence-corrected chi connectivity index (χ1v) is 11.2. The minimum Gasteiger partial charge on any atom is -0.358 e. The predicted octanol–water partition coefficient (Wildman–Crippen LogP) is 3.60. The second kappa shape index (κ2) is 7.35. The third kappa shape index (κ3) is 3.48. The molecule has 3 aromatic rings. The van der Waals surface area contributed by atoms with Crippen LogP contribution in [0, 0.1) is 20.8 Å². The van der Waals surface area contributed by atoms with Crippen molar-refractivity contribution in [3.05, 3.63) is 64.8 Å². The van der Waals surface area contributed by atoms with Crippen molar-refractivity contribution in [2.24, 2.45) is 0 Å². The molecule has 0 bridgehead atoms. The third-order valence-corrected chi connectivity index (χ3v) is 7.74. The fourth-order valence-electron chi connectivity index (χ4n) is 4.01. The van der Waals surface area contributed by atoms with Crippen molar-refractivity contribution in [1.82, 2.24) is 14.2 Å². The second-order valence-corrected chi connectivity index (χ2v) is 9.63. The maximum atomic E-state index is 13.1. The van der Waals surface area contributed by atoms with Gasteiger partial charge >= 0.3 is 0 Å². The fraction of sp³-hybridized carbons (Fsp3) is 0.364. The first-order valence-electron chi connectivity index (χ1n) is 9.72.